The average molecular weight is 661 g/mol. The molecule has 0 radical (unpaired) electrons. The van der Waals surface area contributed by atoms with Crippen LogP contribution in [0.25, 0.3) is 93.9 Å². The van der Waals surface area contributed by atoms with Crippen molar-refractivity contribution in [2.75, 3.05) is 0 Å². The predicted molar refractivity (Wildman–Crippen MR) is 212 cm³/mol. The molecule has 0 saturated heterocycles. The Bertz CT molecular complexity index is 2950. The number of aromatic nitrogens is 2. The summed E-state index contributed by atoms with van der Waals surface area (Å²) in [7, 11) is 0. The van der Waals surface area contributed by atoms with E-state index in [9.17, 15) is 0 Å². The molecule has 7 aromatic carbocycles. The third kappa shape index (κ3) is 4.42. The Morgan fingerprint density at radius 2 is 1.06 bits per heavy atom. The van der Waals surface area contributed by atoms with E-state index >= 15 is 0 Å². The fraction of sp³-hybridized carbons (Fsp3) is 0.128. The molecule has 10 aromatic rings. The minimum Gasteiger partial charge on any atom is -0.455 e. The Labute approximate surface area is 295 Å². The highest BCUT2D eigenvalue weighted by Crippen LogP contribution is 2.44. The first-order valence-electron chi connectivity index (χ1n) is 17.9. The Balaban J connectivity index is 1.27. The summed E-state index contributed by atoms with van der Waals surface area (Å²) in [4.78, 5) is 5.38. The standard InChI is InChI=1S/C47H36N2O2/c1-27(2)38-25-30(29-13-6-5-7-14-29)26-39(28(3)4)43(38)49-41-19-10-9-18-40(41)48-47(49)37-17-12-16-32-34-23-24-35-36(45(34)51-46(32)37)22-21-33-31-15-8-11-20-42(31)50-44(33)35/h5-28H,1-4H3. The molecule has 0 spiro atoms. The Kier molecular flexibility index (Phi) is 6.53. The lowest BCUT2D eigenvalue weighted by molar-refractivity contribution is 0.669. The third-order valence-electron chi connectivity index (χ3n) is 10.5. The van der Waals surface area contributed by atoms with Crippen LogP contribution in [0.15, 0.2) is 142 Å². The zero-order valence-corrected chi connectivity index (χ0v) is 29.1. The maximum atomic E-state index is 7.00. The molecule has 10 rings (SSSR count). The molecule has 0 unspecified atom stereocenters. The van der Waals surface area contributed by atoms with Gasteiger partial charge in [-0.05, 0) is 94.8 Å². The zero-order valence-electron chi connectivity index (χ0n) is 29.1. The SMILES string of the molecule is CC(C)c1cc(-c2ccccc2)cc(C(C)C)c1-n1c(-c2cccc3c2oc2c3ccc3c2ccc2c4ccccc4oc23)nc2ccccc21. The quantitative estimate of drug-likeness (QED) is 0.184. The first-order valence-corrected chi connectivity index (χ1v) is 17.9. The first kappa shape index (κ1) is 29.8. The number of benzene rings is 7. The van der Waals surface area contributed by atoms with Gasteiger partial charge in [0.1, 0.15) is 28.2 Å². The van der Waals surface area contributed by atoms with Crippen LogP contribution in [0.4, 0.5) is 0 Å². The van der Waals surface area contributed by atoms with Crippen LogP contribution < -0.4 is 0 Å². The summed E-state index contributed by atoms with van der Waals surface area (Å²) in [6.45, 7) is 9.17. The van der Waals surface area contributed by atoms with E-state index in [-0.39, 0.29) is 11.8 Å². The van der Waals surface area contributed by atoms with Gasteiger partial charge in [-0.25, -0.2) is 4.98 Å². The number of hydrogen-bond acceptors (Lipinski definition) is 3. The Morgan fingerprint density at radius 3 is 1.76 bits per heavy atom. The van der Waals surface area contributed by atoms with Crippen molar-refractivity contribution in [1.29, 1.82) is 0 Å². The Morgan fingerprint density at radius 1 is 0.490 bits per heavy atom. The summed E-state index contributed by atoms with van der Waals surface area (Å²) in [5.74, 6) is 1.43. The number of nitrogens with zero attached hydrogens (tertiary/aromatic N) is 2. The van der Waals surface area contributed by atoms with Crippen molar-refractivity contribution in [1.82, 2.24) is 9.55 Å². The summed E-state index contributed by atoms with van der Waals surface area (Å²) < 4.78 is 15.8. The van der Waals surface area contributed by atoms with Crippen LogP contribution in [0.1, 0.15) is 50.7 Å². The van der Waals surface area contributed by atoms with Crippen LogP contribution in [-0.4, -0.2) is 9.55 Å². The molecule has 4 nitrogen and oxygen atoms in total. The Hall–Kier alpha value is -6.13. The molecule has 4 heteroatoms. The molecule has 0 N–H and O–H groups in total. The highest BCUT2D eigenvalue weighted by Gasteiger charge is 2.26. The smallest absolute Gasteiger partial charge is 0.149 e. The molecule has 0 aliphatic carbocycles. The molecule has 3 heterocycles. The van der Waals surface area contributed by atoms with Crippen LogP contribution in [0, 0.1) is 0 Å². The number of furan rings is 2. The molecule has 0 amide bonds. The van der Waals surface area contributed by atoms with Crippen molar-refractivity contribution in [3.05, 3.63) is 145 Å². The molecular weight excluding hydrogens is 625 g/mol. The fourth-order valence-electron chi connectivity index (χ4n) is 8.07. The van der Waals surface area contributed by atoms with E-state index in [2.05, 4.69) is 154 Å². The summed E-state index contributed by atoms with van der Waals surface area (Å²) >= 11 is 0. The minimum atomic E-state index is 0.276. The monoisotopic (exact) mass is 660 g/mol. The summed E-state index contributed by atoms with van der Waals surface area (Å²) in [5.41, 5.74) is 12.7. The van der Waals surface area contributed by atoms with Crippen molar-refractivity contribution in [2.24, 2.45) is 0 Å². The van der Waals surface area contributed by atoms with Crippen molar-refractivity contribution < 1.29 is 8.83 Å². The van der Waals surface area contributed by atoms with Gasteiger partial charge in [-0.3, -0.25) is 4.57 Å². The molecule has 246 valence electrons. The lowest BCUT2D eigenvalue weighted by Gasteiger charge is -2.24. The molecule has 0 aliphatic rings. The van der Waals surface area contributed by atoms with Gasteiger partial charge in [0.05, 0.1) is 22.3 Å². The first-order chi connectivity index (χ1) is 25.0. The summed E-state index contributed by atoms with van der Waals surface area (Å²) in [6.07, 6.45) is 0. The molecule has 0 fully saturated rings. The summed E-state index contributed by atoms with van der Waals surface area (Å²) in [5, 5.41) is 6.47. The molecule has 3 aromatic heterocycles. The van der Waals surface area contributed by atoms with Crippen LogP contribution in [-0.2, 0) is 0 Å². The van der Waals surface area contributed by atoms with Crippen LogP contribution >= 0.6 is 0 Å². The lowest BCUT2D eigenvalue weighted by atomic mass is 9.88. The van der Waals surface area contributed by atoms with E-state index < -0.39 is 0 Å². The lowest BCUT2D eigenvalue weighted by Crippen LogP contribution is -2.09. The molecule has 0 atom stereocenters. The van der Waals surface area contributed by atoms with Crippen LogP contribution in [0.2, 0.25) is 0 Å². The topological polar surface area (TPSA) is 44.1 Å². The maximum absolute atomic E-state index is 7.00. The van der Waals surface area contributed by atoms with Gasteiger partial charge in [0, 0.05) is 32.3 Å². The van der Waals surface area contributed by atoms with Gasteiger partial charge in [-0.15, -0.1) is 0 Å². The number of hydrogen-bond donors (Lipinski definition) is 0. The van der Waals surface area contributed by atoms with E-state index in [0.29, 0.717) is 0 Å². The van der Waals surface area contributed by atoms with E-state index in [1.165, 1.54) is 27.9 Å². The van der Waals surface area contributed by atoms with Gasteiger partial charge in [0.15, 0.2) is 0 Å². The van der Waals surface area contributed by atoms with Gasteiger partial charge in [-0.2, -0.15) is 0 Å². The van der Waals surface area contributed by atoms with Crippen LogP contribution in [0.5, 0.6) is 0 Å². The van der Waals surface area contributed by atoms with Gasteiger partial charge in [0.2, 0.25) is 0 Å². The largest absolute Gasteiger partial charge is 0.455 e. The second-order valence-electron chi connectivity index (χ2n) is 14.3. The van der Waals surface area contributed by atoms with E-state index in [4.69, 9.17) is 13.8 Å². The molecule has 0 bridgehead atoms. The van der Waals surface area contributed by atoms with E-state index in [0.717, 1.165) is 77.1 Å². The second-order valence-corrected chi connectivity index (χ2v) is 14.3. The van der Waals surface area contributed by atoms with Crippen LogP contribution in [0.3, 0.4) is 0 Å². The number of para-hydroxylation sites is 4. The van der Waals surface area contributed by atoms with E-state index in [1.807, 2.05) is 12.1 Å². The normalized spacial score (nSPS) is 12.3. The molecule has 0 aliphatic heterocycles. The van der Waals surface area contributed by atoms with Crippen molar-refractivity contribution >= 4 is 65.7 Å². The third-order valence-corrected chi connectivity index (χ3v) is 10.5. The second kappa shape index (κ2) is 11.2. The van der Waals surface area contributed by atoms with Gasteiger partial charge in [0.25, 0.3) is 0 Å². The van der Waals surface area contributed by atoms with Gasteiger partial charge in [-0.1, -0.05) is 100 Å². The maximum Gasteiger partial charge on any atom is 0.149 e. The molecule has 0 saturated carbocycles. The summed E-state index contributed by atoms with van der Waals surface area (Å²) in [6, 6.07) is 47.3. The number of imidazole rings is 1. The van der Waals surface area contributed by atoms with Crippen molar-refractivity contribution in [3.8, 4) is 28.2 Å². The van der Waals surface area contributed by atoms with Crippen molar-refractivity contribution in [2.45, 2.75) is 39.5 Å². The van der Waals surface area contributed by atoms with E-state index in [1.54, 1.807) is 0 Å². The average Bonchev–Trinajstić information content (AvgIpc) is 3.86. The zero-order chi connectivity index (χ0) is 34.4. The highest BCUT2D eigenvalue weighted by molar-refractivity contribution is 6.23. The fourth-order valence-corrected chi connectivity index (χ4v) is 8.07. The van der Waals surface area contributed by atoms with Crippen molar-refractivity contribution in [3.63, 3.8) is 0 Å². The minimum absolute atomic E-state index is 0.276. The number of fused-ring (bicyclic) bond motifs is 10. The number of rotatable bonds is 5. The molecular formula is C47H36N2O2. The highest BCUT2D eigenvalue weighted by atomic mass is 16.3. The molecule has 51 heavy (non-hydrogen) atoms. The predicted octanol–water partition coefficient (Wildman–Crippen LogP) is 13.6. The van der Waals surface area contributed by atoms with Gasteiger partial charge < -0.3 is 8.83 Å². The van der Waals surface area contributed by atoms with Gasteiger partial charge >= 0.3 is 0 Å².